The number of hydrogen-bond acceptors (Lipinski definition) is 4. The first kappa shape index (κ1) is 16.0. The van der Waals surface area contributed by atoms with Gasteiger partial charge in [-0.15, -0.1) is 0 Å². The van der Waals surface area contributed by atoms with Crippen LogP contribution in [0.25, 0.3) is 0 Å². The molecule has 0 atom stereocenters. The molecule has 0 fully saturated rings. The fourth-order valence-electron chi connectivity index (χ4n) is 1.87. The highest BCUT2D eigenvalue weighted by Crippen LogP contribution is 2.24. The Morgan fingerprint density at radius 2 is 1.82 bits per heavy atom. The van der Waals surface area contributed by atoms with Crippen LogP contribution in [0.1, 0.15) is 35.7 Å². The van der Waals surface area contributed by atoms with E-state index in [1.165, 1.54) is 12.1 Å². The molecule has 2 aromatic rings. The van der Waals surface area contributed by atoms with Crippen molar-refractivity contribution < 1.29 is 14.5 Å². The molecule has 0 radical (unpaired) electrons. The smallest absolute Gasteiger partial charge is 0.345 e. The summed E-state index contributed by atoms with van der Waals surface area (Å²) in [4.78, 5) is 22.3. The van der Waals surface area contributed by atoms with Crippen molar-refractivity contribution >= 4 is 23.3 Å². The molecule has 0 aliphatic carbocycles. The van der Waals surface area contributed by atoms with E-state index in [0.717, 1.165) is 11.6 Å². The molecule has 0 spiro atoms. The predicted molar refractivity (Wildman–Crippen MR) is 83.6 cm³/mol. The third-order valence-corrected chi connectivity index (χ3v) is 3.47. The lowest BCUT2D eigenvalue weighted by atomic mass is 10.0. The minimum Gasteiger partial charge on any atom is -0.423 e. The van der Waals surface area contributed by atoms with Gasteiger partial charge < -0.3 is 4.74 Å². The summed E-state index contributed by atoms with van der Waals surface area (Å²) in [5.74, 6) is -0.000983. The van der Waals surface area contributed by atoms with E-state index in [-0.39, 0.29) is 16.3 Å². The zero-order valence-electron chi connectivity index (χ0n) is 12.1. The standard InChI is InChI=1S/C16H14ClNO4/c1-10(2)11-3-6-13(7-4-11)22-16(19)14-9-12(18(20)21)5-8-15(14)17/h3-10H,1-2H3. The molecular weight excluding hydrogens is 306 g/mol. The van der Waals surface area contributed by atoms with Crippen LogP contribution in [0.5, 0.6) is 5.75 Å². The zero-order chi connectivity index (χ0) is 16.3. The quantitative estimate of drug-likeness (QED) is 0.357. The van der Waals surface area contributed by atoms with Gasteiger partial charge in [0.05, 0.1) is 15.5 Å². The Labute approximate surface area is 132 Å². The molecule has 0 saturated carbocycles. The molecule has 0 aliphatic heterocycles. The minimum atomic E-state index is -0.731. The fraction of sp³-hybridized carbons (Fsp3) is 0.188. The van der Waals surface area contributed by atoms with E-state index in [1.54, 1.807) is 12.1 Å². The highest BCUT2D eigenvalue weighted by Gasteiger charge is 2.17. The van der Waals surface area contributed by atoms with Crippen molar-refractivity contribution in [2.24, 2.45) is 0 Å². The van der Waals surface area contributed by atoms with Crippen LogP contribution in [-0.2, 0) is 0 Å². The molecule has 114 valence electrons. The normalized spacial score (nSPS) is 10.5. The lowest BCUT2D eigenvalue weighted by molar-refractivity contribution is -0.384. The largest absolute Gasteiger partial charge is 0.423 e. The molecule has 6 heteroatoms. The van der Waals surface area contributed by atoms with Crippen molar-refractivity contribution in [3.63, 3.8) is 0 Å². The molecule has 2 aromatic carbocycles. The number of hydrogen-bond donors (Lipinski definition) is 0. The van der Waals surface area contributed by atoms with Crippen LogP contribution in [0, 0.1) is 10.1 Å². The fourth-order valence-corrected chi connectivity index (χ4v) is 2.06. The van der Waals surface area contributed by atoms with Gasteiger partial charge >= 0.3 is 5.97 Å². The third-order valence-electron chi connectivity index (χ3n) is 3.14. The van der Waals surface area contributed by atoms with E-state index in [1.807, 2.05) is 12.1 Å². The second-order valence-corrected chi connectivity index (χ2v) is 5.44. The predicted octanol–water partition coefficient (Wildman–Crippen LogP) is 4.59. The minimum absolute atomic E-state index is 0.0381. The first-order chi connectivity index (χ1) is 10.4. The van der Waals surface area contributed by atoms with Crippen molar-refractivity contribution in [2.75, 3.05) is 0 Å². The number of carbonyl (C=O) groups is 1. The topological polar surface area (TPSA) is 69.4 Å². The summed E-state index contributed by atoms with van der Waals surface area (Å²) >= 11 is 5.91. The number of nitro benzene ring substituents is 1. The van der Waals surface area contributed by atoms with E-state index in [4.69, 9.17) is 16.3 Å². The number of ether oxygens (including phenoxy) is 1. The van der Waals surface area contributed by atoms with Gasteiger partial charge in [0, 0.05) is 12.1 Å². The molecule has 22 heavy (non-hydrogen) atoms. The Hall–Kier alpha value is -2.40. The van der Waals surface area contributed by atoms with Gasteiger partial charge in [0.15, 0.2) is 0 Å². The summed E-state index contributed by atoms with van der Waals surface area (Å²) < 4.78 is 5.20. The summed E-state index contributed by atoms with van der Waals surface area (Å²) in [5, 5.41) is 10.9. The number of nitrogens with zero attached hydrogens (tertiary/aromatic N) is 1. The molecule has 0 unspecified atom stereocenters. The third kappa shape index (κ3) is 3.62. The first-order valence-electron chi connectivity index (χ1n) is 6.64. The Bertz CT molecular complexity index is 711. The Kier molecular flexibility index (Phi) is 4.78. The maximum absolute atomic E-state index is 12.1. The number of esters is 1. The van der Waals surface area contributed by atoms with Crippen LogP contribution in [0.3, 0.4) is 0 Å². The molecule has 0 bridgehead atoms. The van der Waals surface area contributed by atoms with E-state index >= 15 is 0 Å². The van der Waals surface area contributed by atoms with Crippen LogP contribution in [0.4, 0.5) is 5.69 Å². The summed E-state index contributed by atoms with van der Waals surface area (Å²) in [6.45, 7) is 4.12. The van der Waals surface area contributed by atoms with E-state index in [9.17, 15) is 14.9 Å². The second-order valence-electron chi connectivity index (χ2n) is 5.03. The van der Waals surface area contributed by atoms with E-state index in [0.29, 0.717) is 11.7 Å². The van der Waals surface area contributed by atoms with Gasteiger partial charge in [0.2, 0.25) is 0 Å². The second kappa shape index (κ2) is 6.58. The summed E-state index contributed by atoms with van der Waals surface area (Å²) in [7, 11) is 0. The number of halogens is 1. The van der Waals surface area contributed by atoms with Crippen molar-refractivity contribution in [2.45, 2.75) is 19.8 Å². The summed E-state index contributed by atoms with van der Waals surface area (Å²) in [6.07, 6.45) is 0. The number of non-ortho nitro benzene ring substituents is 1. The molecule has 0 aliphatic rings. The van der Waals surface area contributed by atoms with Crippen LogP contribution < -0.4 is 4.74 Å². The first-order valence-corrected chi connectivity index (χ1v) is 7.02. The maximum Gasteiger partial charge on any atom is 0.345 e. The van der Waals surface area contributed by atoms with Gasteiger partial charge in [-0.25, -0.2) is 4.79 Å². The number of nitro groups is 1. The number of carbonyl (C=O) groups excluding carboxylic acids is 1. The molecule has 0 aromatic heterocycles. The molecule has 0 heterocycles. The number of rotatable bonds is 4. The summed E-state index contributed by atoms with van der Waals surface area (Å²) in [5.41, 5.74) is 0.864. The van der Waals surface area contributed by atoms with Gasteiger partial charge in [-0.3, -0.25) is 10.1 Å². The van der Waals surface area contributed by atoms with E-state index in [2.05, 4.69) is 13.8 Å². The van der Waals surface area contributed by atoms with Gasteiger partial charge in [0.25, 0.3) is 5.69 Å². The summed E-state index contributed by atoms with van der Waals surface area (Å²) in [6, 6.07) is 10.7. The lowest BCUT2D eigenvalue weighted by Crippen LogP contribution is -2.09. The zero-order valence-corrected chi connectivity index (χ0v) is 12.8. The Morgan fingerprint density at radius 3 is 2.36 bits per heavy atom. The SMILES string of the molecule is CC(C)c1ccc(OC(=O)c2cc([N+](=O)[O-])ccc2Cl)cc1. The molecular formula is C16H14ClNO4. The highest BCUT2D eigenvalue weighted by atomic mass is 35.5. The highest BCUT2D eigenvalue weighted by molar-refractivity contribution is 6.33. The monoisotopic (exact) mass is 319 g/mol. The van der Waals surface area contributed by atoms with Gasteiger partial charge in [-0.1, -0.05) is 37.6 Å². The van der Waals surface area contributed by atoms with Gasteiger partial charge in [-0.2, -0.15) is 0 Å². The van der Waals surface area contributed by atoms with Crippen molar-refractivity contribution in [3.8, 4) is 5.75 Å². The van der Waals surface area contributed by atoms with Crippen LogP contribution >= 0.6 is 11.6 Å². The van der Waals surface area contributed by atoms with Crippen molar-refractivity contribution in [1.82, 2.24) is 0 Å². The Morgan fingerprint density at radius 1 is 1.18 bits per heavy atom. The molecule has 0 N–H and O–H groups in total. The van der Waals surface area contributed by atoms with Crippen LogP contribution in [-0.4, -0.2) is 10.9 Å². The average molecular weight is 320 g/mol. The average Bonchev–Trinajstić information content (AvgIpc) is 2.47. The van der Waals surface area contributed by atoms with Crippen molar-refractivity contribution in [3.05, 3.63) is 68.7 Å². The number of benzene rings is 2. The Balaban J connectivity index is 2.21. The van der Waals surface area contributed by atoms with Gasteiger partial charge in [0.1, 0.15) is 5.75 Å². The molecule has 5 nitrogen and oxygen atoms in total. The maximum atomic E-state index is 12.1. The van der Waals surface area contributed by atoms with Crippen molar-refractivity contribution in [1.29, 1.82) is 0 Å². The van der Waals surface area contributed by atoms with Crippen LogP contribution in [0.15, 0.2) is 42.5 Å². The van der Waals surface area contributed by atoms with E-state index < -0.39 is 10.9 Å². The van der Waals surface area contributed by atoms with Crippen LogP contribution in [0.2, 0.25) is 5.02 Å². The molecule has 0 saturated heterocycles. The molecule has 2 rings (SSSR count). The van der Waals surface area contributed by atoms with Gasteiger partial charge in [-0.05, 0) is 29.7 Å². The molecule has 0 amide bonds. The lowest BCUT2D eigenvalue weighted by Gasteiger charge is -2.08.